The topological polar surface area (TPSA) is 66.4 Å². The third kappa shape index (κ3) is 3.02. The minimum atomic E-state index is -1.79. The first-order valence-corrected chi connectivity index (χ1v) is 10.3. The lowest BCUT2D eigenvalue weighted by Gasteiger charge is -2.33. The van der Waals surface area contributed by atoms with E-state index < -0.39 is 12.4 Å². The molecular weight excluding hydrogens is 352 g/mol. The van der Waals surface area contributed by atoms with E-state index in [1.54, 1.807) is 23.4 Å². The Balaban J connectivity index is 1.20. The van der Waals surface area contributed by atoms with Crippen LogP contribution in [0, 0.1) is 41.4 Å². The normalized spacial score (nSPS) is 36.0. The number of hydrogen-bond acceptors (Lipinski definition) is 6. The van der Waals surface area contributed by atoms with Crippen LogP contribution in [0.5, 0.6) is 0 Å². The third-order valence-corrected chi connectivity index (χ3v) is 6.98. The van der Waals surface area contributed by atoms with Crippen LogP contribution in [0.25, 0.3) is 0 Å². The molecule has 1 aromatic rings. The molecule has 0 radical (unpaired) electrons. The number of fused-ring (bicyclic) bond motifs is 5. The van der Waals surface area contributed by atoms with Crippen LogP contribution in [0.1, 0.15) is 28.4 Å². The van der Waals surface area contributed by atoms with Gasteiger partial charge in [-0.3, -0.25) is 14.5 Å². The van der Waals surface area contributed by atoms with Gasteiger partial charge in [-0.15, -0.1) is 5.92 Å². The van der Waals surface area contributed by atoms with Gasteiger partial charge >= 0.3 is 0 Å². The number of piperazine rings is 1. The van der Waals surface area contributed by atoms with Crippen LogP contribution >= 0.6 is 0 Å². The number of nitrogens with zero attached hydrogens (tertiary/aromatic N) is 4. The number of aromatic nitrogens is 2. The molecule has 4 aliphatic rings. The molecule has 1 unspecified atom stereocenters. The highest BCUT2D eigenvalue weighted by atomic mass is 16.2. The highest BCUT2D eigenvalue weighted by Crippen LogP contribution is 2.57. The maximum Gasteiger partial charge on any atom is 0.225 e. The largest absolute Gasteiger partial charge is 0.338 e. The monoisotopic (exact) mass is 380 g/mol. The fourth-order valence-electron chi connectivity index (χ4n) is 5.66. The standard InChI is InChI=1S/C22H26N4O2/c27-20-17(21(28)19-16-6-5-15(14-16)18(19)20)4-1-2-9-25-10-12-26(13-11-25)22-23-7-3-8-24-22/h3,7-8,15-19H,4-6,9-14H2/t15-,16+,17?,18-,19+/i9D2. The van der Waals surface area contributed by atoms with Gasteiger partial charge in [0.1, 0.15) is 11.6 Å². The van der Waals surface area contributed by atoms with Crippen LogP contribution in [0.2, 0.25) is 0 Å². The molecule has 0 aromatic carbocycles. The first kappa shape index (κ1) is 15.6. The van der Waals surface area contributed by atoms with Crippen LogP contribution in [0.3, 0.4) is 0 Å². The summed E-state index contributed by atoms with van der Waals surface area (Å²) in [6.07, 6.45) is 6.74. The van der Waals surface area contributed by atoms with Gasteiger partial charge in [0.2, 0.25) is 5.95 Å². The van der Waals surface area contributed by atoms with Gasteiger partial charge in [-0.05, 0) is 37.2 Å². The van der Waals surface area contributed by atoms with E-state index in [0.717, 1.165) is 19.3 Å². The highest BCUT2D eigenvalue weighted by molar-refractivity contribution is 6.12. The predicted molar refractivity (Wildman–Crippen MR) is 104 cm³/mol. The molecular formula is C22H26N4O2. The Bertz CT molecular complexity index is 877. The summed E-state index contributed by atoms with van der Waals surface area (Å²) < 4.78 is 16.7. The number of anilines is 1. The molecule has 3 aliphatic carbocycles. The van der Waals surface area contributed by atoms with Crippen molar-refractivity contribution >= 4 is 17.5 Å². The van der Waals surface area contributed by atoms with Crippen molar-refractivity contribution in [2.24, 2.45) is 29.6 Å². The number of ketones is 2. The van der Waals surface area contributed by atoms with Gasteiger partial charge in [-0.1, -0.05) is 5.92 Å². The fraction of sp³-hybridized carbons (Fsp3) is 0.636. The van der Waals surface area contributed by atoms with Crippen molar-refractivity contribution in [3.8, 4) is 11.8 Å². The van der Waals surface area contributed by atoms with Gasteiger partial charge in [-0.25, -0.2) is 9.97 Å². The van der Waals surface area contributed by atoms with Crippen LogP contribution in [0.15, 0.2) is 18.5 Å². The molecule has 0 N–H and O–H groups in total. The van der Waals surface area contributed by atoms with Crippen LogP contribution in [0.4, 0.5) is 5.95 Å². The van der Waals surface area contributed by atoms with E-state index in [2.05, 4.69) is 21.8 Å². The maximum atomic E-state index is 12.8. The minimum Gasteiger partial charge on any atom is -0.338 e. The molecule has 146 valence electrons. The van der Waals surface area contributed by atoms with E-state index >= 15 is 0 Å². The van der Waals surface area contributed by atoms with Crippen LogP contribution in [-0.4, -0.2) is 59.1 Å². The number of rotatable bonds is 3. The van der Waals surface area contributed by atoms with E-state index in [1.165, 1.54) is 0 Å². The van der Waals surface area contributed by atoms with Crippen molar-refractivity contribution in [2.45, 2.75) is 25.7 Å². The van der Waals surface area contributed by atoms with Gasteiger partial charge in [0.25, 0.3) is 0 Å². The summed E-state index contributed by atoms with van der Waals surface area (Å²) >= 11 is 0. The van der Waals surface area contributed by atoms with Crippen molar-refractivity contribution in [1.29, 1.82) is 0 Å². The molecule has 4 fully saturated rings. The van der Waals surface area contributed by atoms with Crippen LogP contribution < -0.4 is 4.90 Å². The van der Waals surface area contributed by atoms with Crippen molar-refractivity contribution in [2.75, 3.05) is 37.6 Å². The lowest BCUT2D eigenvalue weighted by Crippen LogP contribution is -2.47. The lowest BCUT2D eigenvalue weighted by molar-refractivity contribution is -0.129. The molecule has 0 amide bonds. The summed E-state index contributed by atoms with van der Waals surface area (Å²) in [5.41, 5.74) is 0. The molecule has 28 heavy (non-hydrogen) atoms. The minimum absolute atomic E-state index is 0.0727. The van der Waals surface area contributed by atoms with Gasteiger partial charge in [-0.2, -0.15) is 0 Å². The van der Waals surface area contributed by atoms with Crippen LogP contribution in [-0.2, 0) is 9.59 Å². The summed E-state index contributed by atoms with van der Waals surface area (Å²) in [7, 11) is 0. The Morgan fingerprint density at radius 3 is 2.29 bits per heavy atom. The zero-order valence-corrected chi connectivity index (χ0v) is 15.9. The Labute approximate surface area is 168 Å². The summed E-state index contributed by atoms with van der Waals surface area (Å²) in [5, 5.41) is 0. The summed E-state index contributed by atoms with van der Waals surface area (Å²) in [5.74, 6) is 6.37. The SMILES string of the molecule is [2H]C([2H])(C#CCC1C(=O)[C@@H]2[C@@H]3CC[C@@H](C3)[C@@H]2C1=O)N1CCN(c2ncccn2)CC1. The number of Topliss-reactive ketones (excluding diaryl/α,β-unsaturated/α-hetero) is 2. The maximum absolute atomic E-state index is 12.8. The van der Waals surface area contributed by atoms with Crippen molar-refractivity contribution in [3.63, 3.8) is 0 Å². The second kappa shape index (κ2) is 7.29. The van der Waals surface area contributed by atoms with Gasteiger partial charge in [0.05, 0.1) is 15.2 Å². The predicted octanol–water partition coefficient (Wildman–Crippen LogP) is 1.42. The van der Waals surface area contributed by atoms with Gasteiger partial charge in [0, 0.05) is 56.8 Å². The molecule has 2 heterocycles. The van der Waals surface area contributed by atoms with E-state index in [4.69, 9.17) is 2.74 Å². The van der Waals surface area contributed by atoms with E-state index in [0.29, 0.717) is 44.0 Å². The van der Waals surface area contributed by atoms with E-state index in [1.807, 2.05) is 4.90 Å². The molecule has 0 spiro atoms. The van der Waals surface area contributed by atoms with E-state index in [-0.39, 0.29) is 29.8 Å². The average molecular weight is 380 g/mol. The average Bonchev–Trinajstić information content (AvgIpc) is 3.44. The van der Waals surface area contributed by atoms with Crippen molar-refractivity contribution < 1.29 is 12.3 Å². The Morgan fingerprint density at radius 1 is 1.00 bits per heavy atom. The number of carbonyl (C=O) groups is 2. The highest BCUT2D eigenvalue weighted by Gasteiger charge is 2.60. The zero-order valence-electron chi connectivity index (χ0n) is 17.9. The molecule has 1 aromatic heterocycles. The second-order valence-electron chi connectivity index (χ2n) is 8.38. The van der Waals surface area contributed by atoms with Crippen molar-refractivity contribution in [1.82, 2.24) is 14.9 Å². The molecule has 2 bridgehead atoms. The van der Waals surface area contributed by atoms with E-state index in [9.17, 15) is 9.59 Å². The molecule has 6 nitrogen and oxygen atoms in total. The molecule has 1 saturated heterocycles. The molecule has 5 rings (SSSR count). The first-order chi connectivity index (χ1) is 14.5. The number of carbonyl (C=O) groups excluding carboxylic acids is 2. The second-order valence-corrected chi connectivity index (χ2v) is 8.38. The fourth-order valence-corrected chi connectivity index (χ4v) is 5.66. The Hall–Kier alpha value is -2.26. The molecule has 1 aliphatic heterocycles. The smallest absolute Gasteiger partial charge is 0.225 e. The Kier molecular flexibility index (Phi) is 4.07. The quantitative estimate of drug-likeness (QED) is 0.584. The summed E-state index contributed by atoms with van der Waals surface area (Å²) in [4.78, 5) is 37.8. The molecule has 3 saturated carbocycles. The van der Waals surface area contributed by atoms with Gasteiger partial charge in [0.15, 0.2) is 0 Å². The summed E-state index contributed by atoms with van der Waals surface area (Å²) in [6.45, 7) is 0.473. The number of hydrogen-bond donors (Lipinski definition) is 0. The van der Waals surface area contributed by atoms with Gasteiger partial charge < -0.3 is 4.90 Å². The van der Waals surface area contributed by atoms with Crippen molar-refractivity contribution in [3.05, 3.63) is 18.5 Å². The molecule has 6 heteroatoms. The summed E-state index contributed by atoms with van der Waals surface area (Å²) in [6, 6.07) is 1.77. The lowest BCUT2D eigenvalue weighted by atomic mass is 9.81. The Morgan fingerprint density at radius 2 is 1.64 bits per heavy atom. The first-order valence-electron chi connectivity index (χ1n) is 11.3. The third-order valence-electron chi connectivity index (χ3n) is 6.98. The molecule has 5 atom stereocenters. The zero-order chi connectivity index (χ0) is 20.9.